The van der Waals surface area contributed by atoms with Gasteiger partial charge >= 0.3 is 36.4 Å². The molecule has 1 aromatic heterocycles. The number of aliphatic carboxylic acids is 3. The number of ether oxygens (including phenoxy) is 2. The lowest BCUT2D eigenvalue weighted by atomic mass is 10.0. The summed E-state index contributed by atoms with van der Waals surface area (Å²) in [6, 6.07) is 4.10. The smallest absolute Gasteiger partial charge is 0.475 e. The van der Waals surface area contributed by atoms with Crippen LogP contribution in [0, 0.1) is 6.92 Å². The summed E-state index contributed by atoms with van der Waals surface area (Å²) in [5.41, 5.74) is -0.220. The summed E-state index contributed by atoms with van der Waals surface area (Å²) in [6.07, 6.45) is -15.3. The van der Waals surface area contributed by atoms with Crippen LogP contribution in [0.15, 0.2) is 16.5 Å². The van der Waals surface area contributed by atoms with Gasteiger partial charge in [-0.3, -0.25) is 9.80 Å². The SMILES string of the molecule is Cc1ccc(CN2CCOC3(COCCN(CCN(C)C)C3)C2)o1.O=C(O)C(F)(F)F.O=C(O)C(F)(F)F.O=C(O)C(F)(F)F. The molecule has 262 valence electrons. The second-order valence-corrected chi connectivity index (χ2v) is 9.80. The van der Waals surface area contributed by atoms with Crippen LogP contribution >= 0.6 is 0 Å². The predicted octanol–water partition coefficient (Wildman–Crippen LogP) is 2.95. The van der Waals surface area contributed by atoms with E-state index >= 15 is 0 Å². The molecular formula is C24H34F9N3O9. The van der Waals surface area contributed by atoms with Gasteiger partial charge in [-0.15, -0.1) is 0 Å². The van der Waals surface area contributed by atoms with Crippen LogP contribution in [-0.2, 0) is 30.4 Å². The highest BCUT2D eigenvalue weighted by molar-refractivity contribution is 5.73. The third-order valence-electron chi connectivity index (χ3n) is 5.52. The molecule has 3 heterocycles. The summed E-state index contributed by atoms with van der Waals surface area (Å²) in [7, 11) is 4.24. The molecule has 21 heteroatoms. The molecule has 2 saturated heterocycles. The van der Waals surface area contributed by atoms with Gasteiger partial charge in [-0.1, -0.05) is 0 Å². The van der Waals surface area contributed by atoms with Gasteiger partial charge in [0.05, 0.1) is 26.4 Å². The van der Waals surface area contributed by atoms with Crippen molar-refractivity contribution in [2.24, 2.45) is 0 Å². The first-order valence-corrected chi connectivity index (χ1v) is 12.6. The van der Waals surface area contributed by atoms with Crippen LogP contribution in [0.5, 0.6) is 0 Å². The maximum atomic E-state index is 10.6. The van der Waals surface area contributed by atoms with E-state index in [0.717, 1.165) is 70.5 Å². The number of nitrogens with zero attached hydrogens (tertiary/aromatic N) is 3. The first-order valence-electron chi connectivity index (χ1n) is 12.6. The Bertz CT molecular complexity index is 1010. The van der Waals surface area contributed by atoms with E-state index in [0.29, 0.717) is 6.61 Å². The fourth-order valence-electron chi connectivity index (χ4n) is 3.55. The van der Waals surface area contributed by atoms with E-state index in [4.69, 9.17) is 43.6 Å². The molecule has 0 radical (unpaired) electrons. The van der Waals surface area contributed by atoms with Crippen LogP contribution in [0.1, 0.15) is 11.5 Å². The molecule has 1 aromatic rings. The monoisotopic (exact) mass is 679 g/mol. The minimum absolute atomic E-state index is 0.220. The molecule has 0 amide bonds. The molecule has 12 nitrogen and oxygen atoms in total. The molecule has 1 spiro atoms. The average molecular weight is 680 g/mol. The molecule has 0 aliphatic carbocycles. The first-order chi connectivity index (χ1) is 20.4. The van der Waals surface area contributed by atoms with Crippen molar-refractivity contribution in [1.29, 1.82) is 0 Å². The van der Waals surface area contributed by atoms with E-state index in [2.05, 4.69) is 34.9 Å². The van der Waals surface area contributed by atoms with Gasteiger partial charge in [-0.2, -0.15) is 39.5 Å². The number of hydrogen-bond acceptors (Lipinski definition) is 9. The number of furan rings is 1. The summed E-state index contributed by atoms with van der Waals surface area (Å²) in [4.78, 5) is 33.8. The summed E-state index contributed by atoms with van der Waals surface area (Å²) in [6.45, 7) is 10.9. The highest BCUT2D eigenvalue weighted by Gasteiger charge is 2.41. The van der Waals surface area contributed by atoms with Gasteiger partial charge in [0.15, 0.2) is 0 Å². The fraction of sp³-hybridized carbons (Fsp3) is 0.708. The van der Waals surface area contributed by atoms with Crippen LogP contribution in [0.3, 0.4) is 0 Å². The van der Waals surface area contributed by atoms with Gasteiger partial charge < -0.3 is 34.1 Å². The second-order valence-electron chi connectivity index (χ2n) is 9.80. The van der Waals surface area contributed by atoms with Crippen molar-refractivity contribution < 1.29 is 83.1 Å². The Morgan fingerprint density at radius 1 is 0.822 bits per heavy atom. The zero-order valence-corrected chi connectivity index (χ0v) is 24.3. The largest absolute Gasteiger partial charge is 0.490 e. The normalized spacial score (nSPS) is 19.7. The van der Waals surface area contributed by atoms with Crippen molar-refractivity contribution in [3.05, 3.63) is 23.7 Å². The number of aryl methyl sites for hydroxylation is 1. The lowest BCUT2D eigenvalue weighted by Crippen LogP contribution is -2.58. The Kier molecular flexibility index (Phi) is 16.9. The van der Waals surface area contributed by atoms with Gasteiger partial charge in [0.25, 0.3) is 0 Å². The number of carboxylic acids is 3. The maximum Gasteiger partial charge on any atom is 0.490 e. The topological polar surface area (TPSA) is 153 Å². The molecule has 3 rings (SSSR count). The molecular weight excluding hydrogens is 645 g/mol. The molecule has 0 bridgehead atoms. The summed E-state index contributed by atoms with van der Waals surface area (Å²) >= 11 is 0. The third kappa shape index (κ3) is 18.4. The molecule has 45 heavy (non-hydrogen) atoms. The minimum Gasteiger partial charge on any atom is -0.475 e. The van der Waals surface area contributed by atoms with Crippen LogP contribution < -0.4 is 0 Å². The van der Waals surface area contributed by atoms with Crippen molar-refractivity contribution in [2.45, 2.75) is 37.6 Å². The van der Waals surface area contributed by atoms with Gasteiger partial charge in [0, 0.05) is 39.3 Å². The molecule has 1 unspecified atom stereocenters. The van der Waals surface area contributed by atoms with Crippen LogP contribution in [0.4, 0.5) is 39.5 Å². The number of likely N-dealkylation sites (N-methyl/N-ethyl adjacent to an activating group) is 1. The van der Waals surface area contributed by atoms with Crippen molar-refractivity contribution >= 4 is 17.9 Å². The number of alkyl halides is 9. The summed E-state index contributed by atoms with van der Waals surface area (Å²) < 4.78 is 113. The second kappa shape index (κ2) is 18.1. The van der Waals surface area contributed by atoms with Gasteiger partial charge in [0.2, 0.25) is 0 Å². The molecule has 1 atom stereocenters. The number of morpholine rings is 1. The highest BCUT2D eigenvalue weighted by atomic mass is 19.4. The third-order valence-corrected chi connectivity index (χ3v) is 5.52. The Hall–Kier alpha value is -3.14. The highest BCUT2D eigenvalue weighted by Crippen LogP contribution is 2.24. The summed E-state index contributed by atoms with van der Waals surface area (Å²) in [5.74, 6) is -6.27. The van der Waals surface area contributed by atoms with Crippen LogP contribution in [0.2, 0.25) is 0 Å². The number of rotatable bonds is 5. The molecule has 0 saturated carbocycles. The van der Waals surface area contributed by atoms with E-state index in [-0.39, 0.29) is 5.60 Å². The van der Waals surface area contributed by atoms with Gasteiger partial charge in [-0.05, 0) is 33.2 Å². The quantitative estimate of drug-likeness (QED) is 0.393. The van der Waals surface area contributed by atoms with Crippen LogP contribution in [0.25, 0.3) is 0 Å². The Labute approximate surface area is 250 Å². The number of carboxylic acid groups (broad SMARTS) is 3. The van der Waals surface area contributed by atoms with Crippen molar-refractivity contribution in [1.82, 2.24) is 14.7 Å². The zero-order valence-electron chi connectivity index (χ0n) is 24.3. The fourth-order valence-corrected chi connectivity index (χ4v) is 3.55. The molecule has 2 aliphatic rings. The number of hydrogen-bond donors (Lipinski definition) is 3. The molecule has 2 fully saturated rings. The minimum atomic E-state index is -5.08. The Balaban J connectivity index is 0.000000753. The average Bonchev–Trinajstić information content (AvgIpc) is 3.18. The van der Waals surface area contributed by atoms with E-state index in [9.17, 15) is 39.5 Å². The van der Waals surface area contributed by atoms with Gasteiger partial charge in [0.1, 0.15) is 17.1 Å². The maximum absolute atomic E-state index is 10.6. The van der Waals surface area contributed by atoms with Crippen molar-refractivity contribution in [3.63, 3.8) is 0 Å². The van der Waals surface area contributed by atoms with Crippen molar-refractivity contribution in [3.8, 4) is 0 Å². The Morgan fingerprint density at radius 3 is 1.67 bits per heavy atom. The Morgan fingerprint density at radius 2 is 1.27 bits per heavy atom. The number of halogens is 9. The first kappa shape index (κ1) is 41.9. The lowest BCUT2D eigenvalue weighted by molar-refractivity contribution is -0.193. The van der Waals surface area contributed by atoms with E-state index in [1.165, 1.54) is 0 Å². The predicted molar refractivity (Wildman–Crippen MR) is 134 cm³/mol. The molecule has 2 aliphatic heterocycles. The molecule has 3 N–H and O–H groups in total. The standard InChI is InChI=1S/C18H31N3O3.3C2HF3O2/c1-16-4-5-17(24-16)12-21-9-11-23-18(14-21)13-20(7-6-19(2)3)8-10-22-15-18;3*3-2(4,5)1(6)7/h4-5H,6-15H2,1-3H3;3*(H,6,7). The van der Waals surface area contributed by atoms with E-state index < -0.39 is 36.4 Å². The summed E-state index contributed by atoms with van der Waals surface area (Å²) in [5, 5.41) is 21.4. The van der Waals surface area contributed by atoms with Gasteiger partial charge in [-0.25, -0.2) is 14.4 Å². The van der Waals surface area contributed by atoms with Crippen molar-refractivity contribution in [2.75, 3.05) is 73.2 Å². The van der Waals surface area contributed by atoms with E-state index in [1.54, 1.807) is 0 Å². The lowest BCUT2D eigenvalue weighted by Gasteiger charge is -2.43. The van der Waals surface area contributed by atoms with E-state index in [1.807, 2.05) is 13.0 Å². The zero-order chi connectivity index (χ0) is 35.2. The number of carbonyl (C=O) groups is 3. The molecule has 0 aromatic carbocycles. The van der Waals surface area contributed by atoms with Crippen LogP contribution in [-0.4, -0.2) is 145 Å².